The van der Waals surface area contributed by atoms with Gasteiger partial charge in [-0.2, -0.15) is 13.2 Å². The first-order valence-corrected chi connectivity index (χ1v) is 9.44. The molecule has 0 saturated heterocycles. The number of carbonyl (C=O) groups is 1. The number of nitrogens with two attached hydrogens (primary N) is 1. The Morgan fingerprint density at radius 3 is 2.03 bits per heavy atom. The maximum atomic E-state index is 12.4. The van der Waals surface area contributed by atoms with Crippen molar-refractivity contribution in [1.82, 2.24) is 19.9 Å². The van der Waals surface area contributed by atoms with Gasteiger partial charge in [-0.3, -0.25) is 9.59 Å². The van der Waals surface area contributed by atoms with E-state index >= 15 is 0 Å². The van der Waals surface area contributed by atoms with E-state index in [1.807, 2.05) is 26.8 Å². The van der Waals surface area contributed by atoms with Gasteiger partial charge in [0.25, 0.3) is 11.1 Å². The lowest BCUT2D eigenvalue weighted by Gasteiger charge is -2.16. The quantitative estimate of drug-likeness (QED) is 0.355. The van der Waals surface area contributed by atoms with Crippen LogP contribution in [0.2, 0.25) is 0 Å². The van der Waals surface area contributed by atoms with E-state index < -0.39 is 23.3 Å². The number of rotatable bonds is 2. The largest absolute Gasteiger partial charge is 0.490 e. The summed E-state index contributed by atoms with van der Waals surface area (Å²) < 4.78 is 31.7. The van der Waals surface area contributed by atoms with E-state index in [0.29, 0.717) is 16.9 Å². The van der Waals surface area contributed by atoms with Crippen molar-refractivity contribution in [3.63, 3.8) is 0 Å². The average Bonchev–Trinajstić information content (AvgIpc) is 3.16. The zero-order valence-electron chi connectivity index (χ0n) is 17.9. The Labute approximate surface area is 184 Å². The molecule has 176 valence electrons. The van der Waals surface area contributed by atoms with E-state index in [1.54, 1.807) is 36.7 Å². The van der Waals surface area contributed by atoms with Crippen molar-refractivity contribution in [1.29, 1.82) is 0 Å². The first-order valence-electron chi connectivity index (χ1n) is 9.44. The fraction of sp³-hybridized carbons (Fsp3) is 0.238. The summed E-state index contributed by atoms with van der Waals surface area (Å²) >= 11 is 0. The van der Waals surface area contributed by atoms with Crippen molar-refractivity contribution in [2.75, 3.05) is 5.73 Å². The SMILES string of the molecule is CC(C)(C)c1[nH]cnc1/C=c1\[nH]c(=O)/c(=C/c2ccccc2N)[nH]c1=O.O=C(O)C(F)(F)F. The van der Waals surface area contributed by atoms with Crippen molar-refractivity contribution in [3.8, 4) is 0 Å². The van der Waals surface area contributed by atoms with E-state index in [1.165, 1.54) is 0 Å². The van der Waals surface area contributed by atoms with Gasteiger partial charge in [-0.05, 0) is 23.8 Å². The Morgan fingerprint density at radius 2 is 1.55 bits per heavy atom. The van der Waals surface area contributed by atoms with E-state index in [0.717, 1.165) is 5.69 Å². The summed E-state index contributed by atoms with van der Waals surface area (Å²) in [6.07, 6.45) is -0.397. The lowest BCUT2D eigenvalue weighted by molar-refractivity contribution is -0.192. The topological polar surface area (TPSA) is 158 Å². The molecule has 0 amide bonds. The second-order valence-corrected chi connectivity index (χ2v) is 7.87. The molecule has 12 heteroatoms. The van der Waals surface area contributed by atoms with Gasteiger partial charge < -0.3 is 25.8 Å². The molecule has 2 heterocycles. The third-order valence-electron chi connectivity index (χ3n) is 4.22. The Hall–Kier alpha value is -4.09. The normalized spacial score (nSPS) is 12.9. The van der Waals surface area contributed by atoms with E-state index in [4.69, 9.17) is 15.6 Å². The van der Waals surface area contributed by atoms with Crippen molar-refractivity contribution < 1.29 is 23.1 Å². The molecule has 0 unspecified atom stereocenters. The Balaban J connectivity index is 0.000000479. The molecule has 33 heavy (non-hydrogen) atoms. The van der Waals surface area contributed by atoms with Gasteiger partial charge in [0.15, 0.2) is 0 Å². The number of nitrogen functional groups attached to an aromatic ring is 1. The monoisotopic (exact) mass is 465 g/mol. The van der Waals surface area contributed by atoms with Gasteiger partial charge in [-0.15, -0.1) is 0 Å². The summed E-state index contributed by atoms with van der Waals surface area (Å²) in [7, 11) is 0. The number of halogens is 3. The zero-order valence-corrected chi connectivity index (χ0v) is 17.9. The fourth-order valence-corrected chi connectivity index (χ4v) is 2.65. The number of nitrogens with zero attached hydrogens (tertiary/aromatic N) is 1. The molecule has 0 saturated carbocycles. The van der Waals surface area contributed by atoms with Crippen LogP contribution in [-0.2, 0) is 10.2 Å². The number of hydrogen-bond donors (Lipinski definition) is 5. The summed E-state index contributed by atoms with van der Waals surface area (Å²) in [5.41, 5.74) is 7.57. The van der Waals surface area contributed by atoms with Crippen LogP contribution < -0.4 is 27.6 Å². The van der Waals surface area contributed by atoms with E-state index in [9.17, 15) is 22.8 Å². The van der Waals surface area contributed by atoms with Gasteiger partial charge in [-0.25, -0.2) is 9.78 Å². The second-order valence-electron chi connectivity index (χ2n) is 7.87. The number of nitrogens with one attached hydrogen (secondary N) is 3. The highest BCUT2D eigenvalue weighted by Crippen LogP contribution is 2.22. The van der Waals surface area contributed by atoms with Crippen LogP contribution in [0.4, 0.5) is 18.9 Å². The molecule has 0 aliphatic rings. The molecule has 1 aromatic carbocycles. The average molecular weight is 465 g/mol. The summed E-state index contributed by atoms with van der Waals surface area (Å²) in [5.74, 6) is -2.76. The van der Waals surface area contributed by atoms with Crippen molar-refractivity contribution in [2.45, 2.75) is 32.4 Å². The molecule has 0 spiro atoms. The summed E-state index contributed by atoms with van der Waals surface area (Å²) in [6, 6.07) is 7.11. The minimum atomic E-state index is -5.08. The maximum Gasteiger partial charge on any atom is 0.490 e. The van der Waals surface area contributed by atoms with E-state index in [2.05, 4.69) is 19.9 Å². The van der Waals surface area contributed by atoms with Gasteiger partial charge in [0.05, 0.1) is 12.0 Å². The number of carboxylic acids is 1. The Bertz CT molecular complexity index is 1380. The van der Waals surface area contributed by atoms with Crippen molar-refractivity contribution >= 4 is 23.8 Å². The van der Waals surface area contributed by atoms with Crippen LogP contribution in [-0.4, -0.2) is 37.2 Å². The predicted octanol–water partition coefficient (Wildman–Crippen LogP) is 0.957. The first-order chi connectivity index (χ1) is 15.2. The Morgan fingerprint density at radius 1 is 1.03 bits per heavy atom. The smallest absolute Gasteiger partial charge is 0.475 e. The number of para-hydroxylation sites is 1. The van der Waals surface area contributed by atoms with Crippen molar-refractivity contribution in [3.05, 3.63) is 78.9 Å². The number of H-pyrrole nitrogens is 3. The van der Waals surface area contributed by atoms with Gasteiger partial charge >= 0.3 is 12.1 Å². The molecule has 6 N–H and O–H groups in total. The first kappa shape index (κ1) is 25.2. The number of aromatic amines is 3. The fourth-order valence-electron chi connectivity index (χ4n) is 2.65. The van der Waals surface area contributed by atoms with Gasteiger partial charge in [0.1, 0.15) is 10.7 Å². The number of aliphatic carboxylic acids is 1. The maximum absolute atomic E-state index is 12.4. The molecule has 3 aromatic rings. The van der Waals surface area contributed by atoms with E-state index in [-0.39, 0.29) is 16.1 Å². The van der Waals surface area contributed by atoms with Crippen LogP contribution in [0.25, 0.3) is 12.2 Å². The molecular weight excluding hydrogens is 443 g/mol. The van der Waals surface area contributed by atoms with Crippen LogP contribution in [0.1, 0.15) is 37.7 Å². The van der Waals surface area contributed by atoms with Crippen molar-refractivity contribution in [2.24, 2.45) is 0 Å². The van der Waals surface area contributed by atoms with Gasteiger partial charge in [-0.1, -0.05) is 39.0 Å². The highest BCUT2D eigenvalue weighted by Gasteiger charge is 2.38. The molecule has 0 bridgehead atoms. The molecule has 0 aliphatic heterocycles. The lowest BCUT2D eigenvalue weighted by Crippen LogP contribution is -2.46. The minimum absolute atomic E-state index is 0.142. The number of imidazole rings is 1. The lowest BCUT2D eigenvalue weighted by atomic mass is 9.90. The van der Waals surface area contributed by atoms with Gasteiger partial charge in [0.2, 0.25) is 0 Å². The number of carboxylic acid groups (broad SMARTS) is 1. The summed E-state index contributed by atoms with van der Waals surface area (Å²) in [6.45, 7) is 6.10. The molecule has 3 rings (SSSR count). The number of aromatic nitrogens is 4. The standard InChI is InChI=1S/C19H21N5O2.C2HF3O2/c1-19(2,3)16-13(21-10-22-16)9-15-18(26)23-14(17(25)24-15)8-11-6-4-5-7-12(11)20;3-2(4,5)1(6)7/h4-10H,20H2,1-3H3,(H,21,22)(H,23,26)(H,24,25);(H,6,7)/b14-8-,15-9-;. The van der Waals surface area contributed by atoms with Gasteiger partial charge in [0, 0.05) is 16.8 Å². The Kier molecular flexibility index (Phi) is 7.31. The molecule has 9 nitrogen and oxygen atoms in total. The third kappa shape index (κ3) is 6.69. The van der Waals surface area contributed by atoms with Crippen LogP contribution in [0.5, 0.6) is 0 Å². The summed E-state index contributed by atoms with van der Waals surface area (Å²) in [4.78, 5) is 46.2. The molecule has 2 aromatic heterocycles. The molecule has 0 radical (unpaired) electrons. The number of alkyl halides is 3. The second kappa shape index (κ2) is 9.59. The molecule has 0 atom stereocenters. The zero-order chi connectivity index (χ0) is 25.0. The summed E-state index contributed by atoms with van der Waals surface area (Å²) in [5, 5.41) is 7.41. The minimum Gasteiger partial charge on any atom is -0.475 e. The predicted molar refractivity (Wildman–Crippen MR) is 116 cm³/mol. The van der Waals surface area contributed by atoms with Crippen LogP contribution in [0.15, 0.2) is 40.2 Å². The van der Waals surface area contributed by atoms with Crippen LogP contribution in [0.3, 0.4) is 0 Å². The molecule has 0 fully saturated rings. The third-order valence-corrected chi connectivity index (χ3v) is 4.22. The molecular formula is C21H22F3N5O4. The number of hydrogen-bond acceptors (Lipinski definition) is 5. The number of benzene rings is 1. The van der Waals surface area contributed by atoms with Crippen LogP contribution in [0, 0.1) is 0 Å². The number of anilines is 1. The highest BCUT2D eigenvalue weighted by atomic mass is 19.4. The highest BCUT2D eigenvalue weighted by molar-refractivity contribution is 5.73. The van der Waals surface area contributed by atoms with Crippen LogP contribution >= 0.6 is 0 Å². The molecule has 0 aliphatic carbocycles.